The van der Waals surface area contributed by atoms with Crippen LogP contribution in [-0.4, -0.2) is 37.2 Å². The molecule has 1 unspecified atom stereocenters. The first-order valence-corrected chi connectivity index (χ1v) is 33.6. The van der Waals surface area contributed by atoms with Crippen molar-refractivity contribution >= 4 is 17.9 Å². The first-order chi connectivity index (χ1) is 41.0. The molecule has 0 spiro atoms. The highest BCUT2D eigenvalue weighted by molar-refractivity contribution is 5.71. The van der Waals surface area contributed by atoms with Gasteiger partial charge in [-0.2, -0.15) is 0 Å². The Bertz CT molecular complexity index is 1890. The van der Waals surface area contributed by atoms with Gasteiger partial charge in [-0.1, -0.05) is 281 Å². The van der Waals surface area contributed by atoms with E-state index in [1.165, 1.54) is 77.0 Å². The Balaban J connectivity index is 4.30. The molecule has 1 atom stereocenters. The van der Waals surface area contributed by atoms with Crippen LogP contribution >= 0.6 is 0 Å². The van der Waals surface area contributed by atoms with Gasteiger partial charge in [-0.05, 0) is 148 Å². The molecular formula is C77H122O6. The number of unbranched alkanes of at least 4 members (excludes halogenated alkanes) is 20. The zero-order valence-electron chi connectivity index (χ0n) is 53.4. The van der Waals surface area contributed by atoms with Gasteiger partial charge < -0.3 is 14.2 Å². The van der Waals surface area contributed by atoms with Crippen LogP contribution in [0.3, 0.4) is 0 Å². The summed E-state index contributed by atoms with van der Waals surface area (Å²) in [5.74, 6) is -0.973. The average Bonchev–Trinajstić information content (AvgIpc) is 3.49. The lowest BCUT2D eigenvalue weighted by atomic mass is 10.0. The van der Waals surface area contributed by atoms with Crippen molar-refractivity contribution in [3.63, 3.8) is 0 Å². The molecule has 0 amide bonds. The number of ether oxygens (including phenoxy) is 3. The van der Waals surface area contributed by atoms with Gasteiger partial charge in [0.25, 0.3) is 0 Å². The Kier molecular flexibility index (Phi) is 64.9. The van der Waals surface area contributed by atoms with Crippen LogP contribution in [0.2, 0.25) is 0 Å². The molecule has 0 aliphatic rings. The van der Waals surface area contributed by atoms with Crippen LogP contribution in [0.15, 0.2) is 170 Å². The van der Waals surface area contributed by atoms with E-state index in [4.69, 9.17) is 14.2 Å². The van der Waals surface area contributed by atoms with E-state index in [0.29, 0.717) is 19.3 Å². The topological polar surface area (TPSA) is 78.9 Å². The van der Waals surface area contributed by atoms with Gasteiger partial charge in [-0.15, -0.1) is 0 Å². The summed E-state index contributed by atoms with van der Waals surface area (Å²) in [6.45, 7) is 6.24. The average molecular weight is 1140 g/mol. The van der Waals surface area contributed by atoms with Gasteiger partial charge in [0.15, 0.2) is 6.10 Å². The second-order valence-corrected chi connectivity index (χ2v) is 21.6. The molecule has 0 aromatic rings. The normalized spacial score (nSPS) is 13.2. The number of carbonyl (C=O) groups excluding carboxylic acids is 3. The van der Waals surface area contributed by atoms with Gasteiger partial charge in [-0.3, -0.25) is 14.4 Å². The lowest BCUT2D eigenvalue weighted by Gasteiger charge is -2.18. The number of esters is 3. The molecule has 0 heterocycles. The maximum absolute atomic E-state index is 12.9. The summed E-state index contributed by atoms with van der Waals surface area (Å²) >= 11 is 0. The van der Waals surface area contributed by atoms with Crippen molar-refractivity contribution in [1.82, 2.24) is 0 Å². The highest BCUT2D eigenvalue weighted by atomic mass is 16.6. The van der Waals surface area contributed by atoms with E-state index < -0.39 is 6.10 Å². The summed E-state index contributed by atoms with van der Waals surface area (Å²) in [6, 6.07) is 0. The van der Waals surface area contributed by atoms with Gasteiger partial charge in [0.05, 0.1) is 0 Å². The molecule has 0 aliphatic carbocycles. The van der Waals surface area contributed by atoms with Gasteiger partial charge >= 0.3 is 17.9 Å². The minimum Gasteiger partial charge on any atom is -0.462 e. The van der Waals surface area contributed by atoms with Crippen LogP contribution in [0.4, 0.5) is 0 Å². The van der Waals surface area contributed by atoms with E-state index in [-0.39, 0.29) is 37.5 Å². The Labute approximate surface area is 511 Å². The fourth-order valence-corrected chi connectivity index (χ4v) is 8.78. The van der Waals surface area contributed by atoms with Crippen LogP contribution in [0.5, 0.6) is 0 Å². The molecule has 0 saturated heterocycles. The summed E-state index contributed by atoms with van der Waals surface area (Å²) < 4.78 is 16.9. The van der Waals surface area contributed by atoms with Crippen LogP contribution in [0.25, 0.3) is 0 Å². The molecule has 0 aliphatic heterocycles. The molecule has 6 nitrogen and oxygen atoms in total. The van der Waals surface area contributed by atoms with Crippen molar-refractivity contribution in [3.05, 3.63) is 170 Å². The summed E-state index contributed by atoms with van der Waals surface area (Å²) in [7, 11) is 0. The SMILES string of the molecule is CC/C=C\C/C=C\C/C=C\C/C=C\C/C=C\C/C=C\CCCCCCCCCCCCCCCCC(=O)OCC(COC(=O)CCCCC/C=C\C/C=C\C/C=C\CC)OC(=O)CCCCC/C=C\C/C=C\C/C=C\C/C=C\C/C=C\CC. The summed E-state index contributed by atoms with van der Waals surface area (Å²) in [6.07, 6.45) is 102. The second kappa shape index (κ2) is 69.3. The zero-order chi connectivity index (χ0) is 59.9. The summed E-state index contributed by atoms with van der Waals surface area (Å²) in [5.41, 5.74) is 0. The predicted molar refractivity (Wildman–Crippen MR) is 361 cm³/mol. The third-order valence-corrected chi connectivity index (χ3v) is 13.7. The Morgan fingerprint density at radius 2 is 0.434 bits per heavy atom. The quantitative estimate of drug-likeness (QED) is 0.0261. The van der Waals surface area contributed by atoms with Crippen molar-refractivity contribution in [1.29, 1.82) is 0 Å². The molecule has 0 aromatic carbocycles. The molecule has 0 fully saturated rings. The minimum absolute atomic E-state index is 0.107. The molecular weight excluding hydrogens is 1020 g/mol. The summed E-state index contributed by atoms with van der Waals surface area (Å²) in [5, 5.41) is 0. The Morgan fingerprint density at radius 1 is 0.241 bits per heavy atom. The van der Waals surface area contributed by atoms with E-state index >= 15 is 0 Å². The van der Waals surface area contributed by atoms with E-state index in [0.717, 1.165) is 154 Å². The molecule has 0 radical (unpaired) electrons. The highest BCUT2D eigenvalue weighted by Crippen LogP contribution is 2.15. The van der Waals surface area contributed by atoms with E-state index in [1.54, 1.807) is 0 Å². The van der Waals surface area contributed by atoms with Crippen molar-refractivity contribution < 1.29 is 28.6 Å². The second-order valence-electron chi connectivity index (χ2n) is 21.6. The highest BCUT2D eigenvalue weighted by Gasteiger charge is 2.19. The predicted octanol–water partition coefficient (Wildman–Crippen LogP) is 23.4. The largest absolute Gasteiger partial charge is 0.462 e. The maximum Gasteiger partial charge on any atom is 0.306 e. The molecule has 466 valence electrons. The molecule has 0 aromatic heterocycles. The van der Waals surface area contributed by atoms with E-state index in [1.807, 2.05) is 0 Å². The third-order valence-electron chi connectivity index (χ3n) is 13.7. The minimum atomic E-state index is -0.817. The fraction of sp³-hybridized carbons (Fsp3) is 0.597. The first-order valence-electron chi connectivity index (χ1n) is 33.6. The molecule has 0 rings (SSSR count). The molecule has 0 saturated carbocycles. The standard InChI is InChI=1S/C77H122O6/c1-4-7-10-13-16-19-22-25-27-29-31-32-33-34-35-36-37-38-39-40-41-42-43-44-46-47-49-52-55-58-61-64-67-70-76(79)82-73-74(72-81-75(78)69-66-63-60-57-54-51-24-21-18-15-12-9-6-3)83-77(80)71-68-65-62-59-56-53-50-48-45-30-28-26-23-20-17-14-11-8-5-2/h7-12,16-21,25-28,31-32,34-35,37-38,45,48,51,53-54,56,74H,4-6,13-15,22-24,29-30,33,36,39-44,46-47,49-50,52,55,57-73H2,1-3H3/b10-7-,11-8-,12-9-,19-16-,20-17-,21-18-,27-25-,28-26-,32-31-,35-34-,38-37-,48-45-,54-51-,56-53-. The van der Waals surface area contributed by atoms with Crippen LogP contribution < -0.4 is 0 Å². The van der Waals surface area contributed by atoms with Crippen LogP contribution in [0.1, 0.15) is 278 Å². The molecule has 6 heteroatoms. The lowest BCUT2D eigenvalue weighted by molar-refractivity contribution is -0.167. The van der Waals surface area contributed by atoms with Crippen molar-refractivity contribution in [2.45, 2.75) is 284 Å². The van der Waals surface area contributed by atoms with Crippen molar-refractivity contribution in [2.24, 2.45) is 0 Å². The number of allylic oxidation sites excluding steroid dienone is 28. The smallest absolute Gasteiger partial charge is 0.306 e. The number of hydrogen-bond donors (Lipinski definition) is 0. The molecule has 0 N–H and O–H groups in total. The van der Waals surface area contributed by atoms with E-state index in [9.17, 15) is 14.4 Å². The maximum atomic E-state index is 12.9. The Hall–Kier alpha value is -5.23. The molecule has 0 bridgehead atoms. The van der Waals surface area contributed by atoms with E-state index in [2.05, 4.69) is 191 Å². The number of rotatable bonds is 59. The van der Waals surface area contributed by atoms with Crippen LogP contribution in [-0.2, 0) is 28.6 Å². The monoisotopic (exact) mass is 1140 g/mol. The number of carbonyl (C=O) groups is 3. The third kappa shape index (κ3) is 67.4. The van der Waals surface area contributed by atoms with Crippen LogP contribution in [0, 0.1) is 0 Å². The fourth-order valence-electron chi connectivity index (χ4n) is 8.78. The van der Waals surface area contributed by atoms with Crippen molar-refractivity contribution in [3.8, 4) is 0 Å². The number of hydrogen-bond acceptors (Lipinski definition) is 6. The van der Waals surface area contributed by atoms with Gasteiger partial charge in [0.1, 0.15) is 13.2 Å². The van der Waals surface area contributed by atoms with Crippen molar-refractivity contribution in [2.75, 3.05) is 13.2 Å². The Morgan fingerprint density at radius 3 is 0.687 bits per heavy atom. The van der Waals surface area contributed by atoms with Gasteiger partial charge in [-0.25, -0.2) is 0 Å². The van der Waals surface area contributed by atoms with Gasteiger partial charge in [0, 0.05) is 19.3 Å². The first kappa shape index (κ1) is 77.8. The van der Waals surface area contributed by atoms with Gasteiger partial charge in [0.2, 0.25) is 0 Å². The summed E-state index contributed by atoms with van der Waals surface area (Å²) in [4.78, 5) is 38.3. The molecule has 83 heavy (non-hydrogen) atoms. The zero-order valence-corrected chi connectivity index (χ0v) is 53.4. The lowest BCUT2D eigenvalue weighted by Crippen LogP contribution is -2.30.